The Kier molecular flexibility index (Phi) is 3.80. The number of thiazole rings is 1. The maximum atomic E-state index is 5.74. The molecule has 0 atom stereocenters. The van der Waals surface area contributed by atoms with Crippen LogP contribution in [0.15, 0.2) is 41.8 Å². The van der Waals surface area contributed by atoms with Gasteiger partial charge in [-0.15, -0.1) is 11.3 Å². The van der Waals surface area contributed by atoms with Crippen LogP contribution in [0, 0.1) is 13.8 Å². The molecular formula is C17H18N2OS. The summed E-state index contributed by atoms with van der Waals surface area (Å²) in [4.78, 5) is 4.69. The zero-order chi connectivity index (χ0) is 14.8. The molecule has 0 saturated carbocycles. The van der Waals surface area contributed by atoms with Gasteiger partial charge in [0.25, 0.3) is 0 Å². The summed E-state index contributed by atoms with van der Waals surface area (Å²) in [5.74, 6) is 0.876. The first-order chi connectivity index (χ1) is 10.1. The zero-order valence-corrected chi connectivity index (χ0v) is 13.3. The van der Waals surface area contributed by atoms with Gasteiger partial charge in [-0.05, 0) is 32.0 Å². The Morgan fingerprint density at radius 2 is 1.95 bits per heavy atom. The van der Waals surface area contributed by atoms with Gasteiger partial charge in [0.05, 0.1) is 5.69 Å². The van der Waals surface area contributed by atoms with Gasteiger partial charge in [-0.3, -0.25) is 0 Å². The van der Waals surface area contributed by atoms with E-state index >= 15 is 0 Å². The van der Waals surface area contributed by atoms with Crippen LogP contribution >= 0.6 is 11.3 Å². The molecule has 0 fully saturated rings. The van der Waals surface area contributed by atoms with Gasteiger partial charge in [0.15, 0.2) is 0 Å². The highest BCUT2D eigenvalue weighted by Gasteiger charge is 2.12. The molecule has 0 radical (unpaired) electrons. The Bertz CT molecular complexity index is 743. The van der Waals surface area contributed by atoms with Gasteiger partial charge in [0.1, 0.15) is 17.4 Å². The molecule has 21 heavy (non-hydrogen) atoms. The number of para-hydroxylation sites is 1. The van der Waals surface area contributed by atoms with Crippen LogP contribution in [0.4, 0.5) is 0 Å². The van der Waals surface area contributed by atoms with Crippen LogP contribution in [0.2, 0.25) is 0 Å². The van der Waals surface area contributed by atoms with E-state index in [1.54, 1.807) is 11.3 Å². The van der Waals surface area contributed by atoms with Gasteiger partial charge in [0, 0.05) is 29.4 Å². The highest BCUT2D eigenvalue weighted by atomic mass is 32.1. The van der Waals surface area contributed by atoms with Gasteiger partial charge in [-0.1, -0.05) is 18.2 Å². The molecule has 2 heterocycles. The van der Waals surface area contributed by atoms with Crippen LogP contribution in [-0.2, 0) is 13.7 Å². The molecule has 3 nitrogen and oxygen atoms in total. The summed E-state index contributed by atoms with van der Waals surface area (Å²) in [5.41, 5.74) is 4.73. The Labute approximate surface area is 128 Å². The van der Waals surface area contributed by atoms with Crippen molar-refractivity contribution in [1.29, 1.82) is 0 Å². The Morgan fingerprint density at radius 3 is 2.62 bits per heavy atom. The molecule has 0 aliphatic carbocycles. The maximum Gasteiger partial charge on any atom is 0.140 e. The molecular weight excluding hydrogens is 280 g/mol. The Hall–Kier alpha value is -2.07. The van der Waals surface area contributed by atoms with Crippen molar-refractivity contribution in [1.82, 2.24) is 9.55 Å². The molecule has 3 rings (SSSR count). The van der Waals surface area contributed by atoms with Crippen LogP contribution < -0.4 is 4.74 Å². The van der Waals surface area contributed by atoms with Gasteiger partial charge in [-0.25, -0.2) is 4.98 Å². The lowest BCUT2D eigenvalue weighted by atomic mass is 10.2. The highest BCUT2D eigenvalue weighted by molar-refractivity contribution is 7.09. The number of hydrogen-bond donors (Lipinski definition) is 0. The summed E-state index contributed by atoms with van der Waals surface area (Å²) in [5, 5.41) is 3.10. The fourth-order valence-electron chi connectivity index (χ4n) is 2.28. The summed E-state index contributed by atoms with van der Waals surface area (Å²) < 4.78 is 7.93. The lowest BCUT2D eigenvalue weighted by molar-refractivity contribution is 0.305. The summed E-state index contributed by atoms with van der Waals surface area (Å²) in [6.45, 7) is 4.75. The van der Waals surface area contributed by atoms with Gasteiger partial charge < -0.3 is 9.30 Å². The molecule has 0 spiro atoms. The van der Waals surface area contributed by atoms with Crippen LogP contribution in [-0.4, -0.2) is 9.55 Å². The molecule has 0 N–H and O–H groups in total. The molecule has 0 amide bonds. The number of aromatic nitrogens is 2. The molecule has 0 saturated heterocycles. The van der Waals surface area contributed by atoms with E-state index in [-0.39, 0.29) is 0 Å². The zero-order valence-electron chi connectivity index (χ0n) is 12.5. The third kappa shape index (κ3) is 2.85. The van der Waals surface area contributed by atoms with E-state index in [0.717, 1.165) is 16.5 Å². The molecule has 0 unspecified atom stereocenters. The third-order valence-corrected chi connectivity index (χ3v) is 4.53. The fraction of sp³-hybridized carbons (Fsp3) is 0.235. The smallest absolute Gasteiger partial charge is 0.140 e. The van der Waals surface area contributed by atoms with Crippen molar-refractivity contribution in [2.24, 2.45) is 7.05 Å². The lowest BCUT2D eigenvalue weighted by Crippen LogP contribution is -1.95. The van der Waals surface area contributed by atoms with Gasteiger partial charge in [-0.2, -0.15) is 0 Å². The second kappa shape index (κ2) is 5.74. The number of aryl methyl sites for hydroxylation is 1. The van der Waals surface area contributed by atoms with Crippen LogP contribution in [0.3, 0.4) is 0 Å². The quantitative estimate of drug-likeness (QED) is 0.716. The summed E-state index contributed by atoms with van der Waals surface area (Å²) in [7, 11) is 2.08. The molecule has 1 aromatic carbocycles. The van der Waals surface area contributed by atoms with Crippen molar-refractivity contribution < 1.29 is 4.74 Å². The summed E-state index contributed by atoms with van der Waals surface area (Å²) in [6, 6.07) is 12.0. The van der Waals surface area contributed by atoms with E-state index < -0.39 is 0 Å². The number of ether oxygens (including phenoxy) is 1. The number of nitrogens with zero attached hydrogens (tertiary/aromatic N) is 2. The second-order valence-corrected chi connectivity index (χ2v) is 6.01. The van der Waals surface area contributed by atoms with Gasteiger partial charge in [0.2, 0.25) is 0 Å². The SMILES string of the molecule is Cc1cc(-c2csc(COc3ccccc3)n2)c(C)n1C. The van der Waals surface area contributed by atoms with E-state index in [4.69, 9.17) is 9.72 Å². The predicted molar refractivity (Wildman–Crippen MR) is 86.8 cm³/mol. The fourth-order valence-corrected chi connectivity index (χ4v) is 2.98. The first kappa shape index (κ1) is 13.9. The molecule has 4 heteroatoms. The molecule has 0 aliphatic rings. The largest absolute Gasteiger partial charge is 0.486 e. The van der Waals surface area contributed by atoms with E-state index in [1.807, 2.05) is 30.3 Å². The monoisotopic (exact) mass is 298 g/mol. The average molecular weight is 298 g/mol. The van der Waals surface area contributed by atoms with Crippen molar-refractivity contribution in [2.75, 3.05) is 0 Å². The highest BCUT2D eigenvalue weighted by Crippen LogP contribution is 2.27. The Balaban J connectivity index is 1.76. The number of rotatable bonds is 4. The topological polar surface area (TPSA) is 27.1 Å². The van der Waals surface area contributed by atoms with E-state index in [9.17, 15) is 0 Å². The molecule has 0 aliphatic heterocycles. The van der Waals surface area contributed by atoms with Crippen molar-refractivity contribution in [3.05, 3.63) is 58.2 Å². The number of hydrogen-bond acceptors (Lipinski definition) is 3. The minimum Gasteiger partial charge on any atom is -0.486 e. The van der Waals surface area contributed by atoms with E-state index in [2.05, 4.69) is 36.9 Å². The summed E-state index contributed by atoms with van der Waals surface area (Å²) >= 11 is 1.64. The molecule has 2 aromatic heterocycles. The van der Waals surface area contributed by atoms with E-state index in [1.165, 1.54) is 17.0 Å². The first-order valence-corrected chi connectivity index (χ1v) is 7.78. The maximum absolute atomic E-state index is 5.74. The van der Waals surface area contributed by atoms with Crippen molar-refractivity contribution in [2.45, 2.75) is 20.5 Å². The predicted octanol–water partition coefficient (Wildman–Crippen LogP) is 4.34. The molecule has 108 valence electrons. The summed E-state index contributed by atoms with van der Waals surface area (Å²) in [6.07, 6.45) is 0. The second-order valence-electron chi connectivity index (χ2n) is 5.07. The number of benzene rings is 1. The lowest BCUT2D eigenvalue weighted by Gasteiger charge is -2.02. The minimum absolute atomic E-state index is 0.513. The first-order valence-electron chi connectivity index (χ1n) is 6.90. The van der Waals surface area contributed by atoms with Gasteiger partial charge >= 0.3 is 0 Å². The Morgan fingerprint density at radius 1 is 1.19 bits per heavy atom. The third-order valence-electron chi connectivity index (χ3n) is 3.71. The van der Waals surface area contributed by atoms with Crippen molar-refractivity contribution in [3.8, 4) is 17.0 Å². The van der Waals surface area contributed by atoms with Crippen LogP contribution in [0.25, 0.3) is 11.3 Å². The minimum atomic E-state index is 0.513. The normalized spacial score (nSPS) is 10.8. The molecule has 0 bridgehead atoms. The standard InChI is InChI=1S/C17H18N2OS/c1-12-9-15(13(2)19(12)3)16-11-21-17(18-16)10-20-14-7-5-4-6-8-14/h4-9,11H,10H2,1-3H3. The van der Waals surface area contributed by atoms with E-state index in [0.29, 0.717) is 6.61 Å². The van der Waals surface area contributed by atoms with Crippen molar-refractivity contribution >= 4 is 11.3 Å². The van der Waals surface area contributed by atoms with Crippen molar-refractivity contribution in [3.63, 3.8) is 0 Å². The molecule has 3 aromatic rings. The van der Waals surface area contributed by atoms with Crippen LogP contribution in [0.5, 0.6) is 5.75 Å². The average Bonchev–Trinajstić information content (AvgIpc) is 3.07. The van der Waals surface area contributed by atoms with Crippen LogP contribution in [0.1, 0.15) is 16.4 Å².